The number of benzene rings is 1. The first-order valence-corrected chi connectivity index (χ1v) is 4.75. The largest absolute Gasteiger partial charge is 0.300 e. The second-order valence-corrected chi connectivity index (χ2v) is 3.97. The van der Waals surface area contributed by atoms with Crippen molar-refractivity contribution in [3.05, 3.63) is 35.4 Å². The van der Waals surface area contributed by atoms with Gasteiger partial charge in [0, 0.05) is 5.92 Å². The average Bonchev–Trinajstić information content (AvgIpc) is 2.85. The summed E-state index contributed by atoms with van der Waals surface area (Å²) < 4.78 is 0. The molecule has 1 nitrogen and oxygen atoms in total. The lowest BCUT2D eigenvalue weighted by molar-refractivity contribution is -0.118. The van der Waals surface area contributed by atoms with Gasteiger partial charge in [0.25, 0.3) is 0 Å². The second-order valence-electron chi connectivity index (χ2n) is 3.97. The molecule has 1 unspecified atom stereocenters. The quantitative estimate of drug-likeness (QED) is 0.673. The third-order valence-electron chi connectivity index (χ3n) is 2.82. The van der Waals surface area contributed by atoms with Gasteiger partial charge in [0.1, 0.15) is 5.78 Å². The van der Waals surface area contributed by atoms with Crippen molar-refractivity contribution in [2.24, 2.45) is 5.92 Å². The molecule has 0 amide bonds. The summed E-state index contributed by atoms with van der Waals surface area (Å²) >= 11 is 0. The van der Waals surface area contributed by atoms with E-state index >= 15 is 0 Å². The average molecular weight is 174 g/mol. The van der Waals surface area contributed by atoms with Gasteiger partial charge in [-0.25, -0.2) is 0 Å². The first kappa shape index (κ1) is 8.49. The van der Waals surface area contributed by atoms with Gasteiger partial charge in [-0.15, -0.1) is 0 Å². The van der Waals surface area contributed by atoms with Crippen LogP contribution < -0.4 is 0 Å². The fourth-order valence-corrected chi connectivity index (χ4v) is 1.83. The van der Waals surface area contributed by atoms with Crippen molar-refractivity contribution in [3.63, 3.8) is 0 Å². The monoisotopic (exact) mass is 174 g/mol. The fourth-order valence-electron chi connectivity index (χ4n) is 1.83. The molecule has 1 saturated carbocycles. The van der Waals surface area contributed by atoms with E-state index in [4.69, 9.17) is 0 Å². The Kier molecular flexibility index (Phi) is 1.95. The maximum atomic E-state index is 11.1. The number of carbonyl (C=O) groups excluding carboxylic acids is 1. The van der Waals surface area contributed by atoms with E-state index in [-0.39, 0.29) is 0 Å². The minimum atomic E-state index is 0.308. The minimum Gasteiger partial charge on any atom is -0.300 e. The van der Waals surface area contributed by atoms with Gasteiger partial charge in [-0.3, -0.25) is 4.79 Å². The van der Waals surface area contributed by atoms with E-state index in [1.54, 1.807) is 6.92 Å². The molecule has 1 heteroatoms. The van der Waals surface area contributed by atoms with Crippen LogP contribution in [0.5, 0.6) is 0 Å². The number of rotatable bonds is 2. The third-order valence-corrected chi connectivity index (χ3v) is 2.82. The molecule has 1 fully saturated rings. The van der Waals surface area contributed by atoms with Gasteiger partial charge in [-0.1, -0.05) is 29.8 Å². The normalized spacial score (nSPS) is 25.7. The SMILES string of the molecule is CC(=O)[C@@H]1CC1c1ccc(C)cc1. The molecule has 0 aliphatic heterocycles. The highest BCUT2D eigenvalue weighted by molar-refractivity contribution is 5.82. The second kappa shape index (κ2) is 2.99. The van der Waals surface area contributed by atoms with E-state index in [0.717, 1.165) is 6.42 Å². The summed E-state index contributed by atoms with van der Waals surface area (Å²) in [5.74, 6) is 1.16. The maximum Gasteiger partial charge on any atom is 0.133 e. The summed E-state index contributed by atoms with van der Waals surface area (Å²) in [6.07, 6.45) is 1.05. The summed E-state index contributed by atoms with van der Waals surface area (Å²) in [4.78, 5) is 11.1. The van der Waals surface area contributed by atoms with Crippen molar-refractivity contribution in [2.75, 3.05) is 0 Å². The Morgan fingerprint density at radius 2 is 1.92 bits per heavy atom. The number of hydrogen-bond donors (Lipinski definition) is 0. The van der Waals surface area contributed by atoms with Gasteiger partial charge in [0.15, 0.2) is 0 Å². The lowest BCUT2D eigenvalue weighted by Gasteiger charge is -1.98. The van der Waals surface area contributed by atoms with E-state index in [1.807, 2.05) is 0 Å². The van der Waals surface area contributed by atoms with Gasteiger partial charge in [0.2, 0.25) is 0 Å². The number of ketones is 1. The van der Waals surface area contributed by atoms with E-state index in [9.17, 15) is 4.79 Å². The summed E-state index contributed by atoms with van der Waals surface area (Å²) in [7, 11) is 0. The van der Waals surface area contributed by atoms with Crippen LogP contribution in [0.3, 0.4) is 0 Å². The number of carbonyl (C=O) groups is 1. The molecule has 0 bridgehead atoms. The summed E-state index contributed by atoms with van der Waals surface area (Å²) in [5, 5.41) is 0. The van der Waals surface area contributed by atoms with Crippen LogP contribution in [0.2, 0.25) is 0 Å². The molecule has 0 heterocycles. The summed E-state index contributed by atoms with van der Waals surface area (Å²) in [5.41, 5.74) is 2.61. The Labute approximate surface area is 78.8 Å². The van der Waals surface area contributed by atoms with Crippen molar-refractivity contribution >= 4 is 5.78 Å². The molecule has 1 aliphatic rings. The molecular formula is C12H14O. The van der Waals surface area contributed by atoms with Crippen LogP contribution in [0.15, 0.2) is 24.3 Å². The Bertz CT molecular complexity index is 323. The predicted octanol–water partition coefficient (Wildman–Crippen LogP) is 2.69. The van der Waals surface area contributed by atoms with Crippen molar-refractivity contribution in [2.45, 2.75) is 26.2 Å². The maximum absolute atomic E-state index is 11.1. The molecule has 0 N–H and O–H groups in total. The molecule has 1 aliphatic carbocycles. The first-order valence-electron chi connectivity index (χ1n) is 4.75. The van der Waals surface area contributed by atoms with E-state index < -0.39 is 0 Å². The van der Waals surface area contributed by atoms with Gasteiger partial charge < -0.3 is 0 Å². The molecule has 2 rings (SSSR count). The van der Waals surface area contributed by atoms with Gasteiger partial charge >= 0.3 is 0 Å². The van der Waals surface area contributed by atoms with Crippen LogP contribution in [0.4, 0.5) is 0 Å². The van der Waals surface area contributed by atoms with Crippen molar-refractivity contribution in [1.29, 1.82) is 0 Å². The summed E-state index contributed by atoms with van der Waals surface area (Å²) in [6.45, 7) is 3.78. The van der Waals surface area contributed by atoms with Crippen molar-refractivity contribution < 1.29 is 4.79 Å². The Morgan fingerprint density at radius 3 is 2.38 bits per heavy atom. The van der Waals surface area contributed by atoms with Crippen LogP contribution in [-0.2, 0) is 4.79 Å². The molecule has 68 valence electrons. The Morgan fingerprint density at radius 1 is 1.31 bits per heavy atom. The third kappa shape index (κ3) is 1.64. The molecule has 0 saturated heterocycles. The first-order chi connectivity index (χ1) is 6.18. The number of hydrogen-bond acceptors (Lipinski definition) is 1. The molecule has 0 radical (unpaired) electrons. The highest BCUT2D eigenvalue weighted by Crippen LogP contribution is 2.47. The van der Waals surface area contributed by atoms with Crippen molar-refractivity contribution in [3.8, 4) is 0 Å². The van der Waals surface area contributed by atoms with Gasteiger partial charge in [0.05, 0.1) is 0 Å². The fraction of sp³-hybridized carbons (Fsp3) is 0.417. The van der Waals surface area contributed by atoms with Crippen LogP contribution in [0, 0.1) is 12.8 Å². The molecular weight excluding hydrogens is 160 g/mol. The highest BCUT2D eigenvalue weighted by atomic mass is 16.1. The lowest BCUT2D eigenvalue weighted by Crippen LogP contribution is -1.94. The highest BCUT2D eigenvalue weighted by Gasteiger charge is 2.41. The number of aryl methyl sites for hydroxylation is 1. The molecule has 1 aromatic rings. The van der Waals surface area contributed by atoms with Crippen LogP contribution in [0.25, 0.3) is 0 Å². The zero-order chi connectivity index (χ0) is 9.42. The van der Waals surface area contributed by atoms with Gasteiger partial charge in [-0.05, 0) is 31.7 Å². The van der Waals surface area contributed by atoms with Crippen LogP contribution in [-0.4, -0.2) is 5.78 Å². The van der Waals surface area contributed by atoms with E-state index in [0.29, 0.717) is 17.6 Å². The van der Waals surface area contributed by atoms with E-state index in [1.165, 1.54) is 11.1 Å². The summed E-state index contributed by atoms with van der Waals surface area (Å²) in [6, 6.07) is 8.52. The molecule has 1 aromatic carbocycles. The standard InChI is InChI=1S/C12H14O/c1-8-3-5-10(6-4-8)12-7-11(12)9(2)13/h3-6,11-12H,7H2,1-2H3/t11-,12?/m0/s1. The lowest BCUT2D eigenvalue weighted by atomic mass is 10.1. The number of Topliss-reactive ketones (excluding diaryl/α,β-unsaturated/α-hetero) is 1. The van der Waals surface area contributed by atoms with Crippen LogP contribution in [0.1, 0.15) is 30.4 Å². The predicted molar refractivity (Wildman–Crippen MR) is 52.7 cm³/mol. The molecule has 13 heavy (non-hydrogen) atoms. The Balaban J connectivity index is 2.12. The molecule has 2 atom stereocenters. The van der Waals surface area contributed by atoms with Crippen molar-refractivity contribution in [1.82, 2.24) is 0 Å². The van der Waals surface area contributed by atoms with Crippen LogP contribution >= 0.6 is 0 Å². The smallest absolute Gasteiger partial charge is 0.133 e. The van der Waals surface area contributed by atoms with Gasteiger partial charge in [-0.2, -0.15) is 0 Å². The Hall–Kier alpha value is -1.11. The zero-order valence-corrected chi connectivity index (χ0v) is 8.08. The minimum absolute atomic E-state index is 0.308. The topological polar surface area (TPSA) is 17.1 Å². The van der Waals surface area contributed by atoms with E-state index in [2.05, 4.69) is 31.2 Å². The molecule has 0 aromatic heterocycles. The zero-order valence-electron chi connectivity index (χ0n) is 8.08. The molecule has 0 spiro atoms.